The zero-order chi connectivity index (χ0) is 22.2. The van der Waals surface area contributed by atoms with Crippen molar-refractivity contribution in [1.82, 2.24) is 18.7 Å². The fourth-order valence-corrected chi connectivity index (χ4v) is 3.71. The maximum Gasteiger partial charge on any atom is 0.337 e. The molecule has 7 nitrogen and oxygen atoms in total. The van der Waals surface area contributed by atoms with Crippen LogP contribution in [0.15, 0.2) is 87.3 Å². The molecule has 3 heterocycles. The number of hydrogen-bond donors (Lipinski definition) is 0. The number of hydrogen-bond acceptors (Lipinski definition) is 4. The van der Waals surface area contributed by atoms with Crippen molar-refractivity contribution >= 4 is 11.2 Å². The Balaban J connectivity index is 1.75. The average Bonchev–Trinajstić information content (AvgIpc) is 3.44. The van der Waals surface area contributed by atoms with Crippen molar-refractivity contribution in [1.29, 1.82) is 0 Å². The van der Waals surface area contributed by atoms with Crippen LogP contribution in [0, 0.1) is 12.7 Å². The number of rotatable bonds is 5. The molecule has 0 spiro atoms. The van der Waals surface area contributed by atoms with Crippen LogP contribution in [-0.2, 0) is 13.1 Å². The van der Waals surface area contributed by atoms with E-state index in [0.717, 1.165) is 15.7 Å². The number of furan rings is 1. The first kappa shape index (κ1) is 19.7. The van der Waals surface area contributed by atoms with Crippen molar-refractivity contribution in [3.8, 4) is 5.69 Å². The highest BCUT2D eigenvalue weighted by Gasteiger charge is 2.20. The Morgan fingerprint density at radius 2 is 1.72 bits per heavy atom. The molecule has 0 radical (unpaired) electrons. The van der Waals surface area contributed by atoms with Crippen LogP contribution < -0.4 is 11.2 Å². The summed E-state index contributed by atoms with van der Waals surface area (Å²) >= 11 is 0. The molecule has 3 aromatic heterocycles. The molecule has 0 aliphatic heterocycles. The summed E-state index contributed by atoms with van der Waals surface area (Å²) in [5, 5.41) is 0. The highest BCUT2D eigenvalue weighted by Crippen LogP contribution is 2.16. The van der Waals surface area contributed by atoms with Crippen LogP contribution in [0.25, 0.3) is 16.9 Å². The molecular weight excluding hydrogens is 411 g/mol. The number of imidazole rings is 1. The summed E-state index contributed by atoms with van der Waals surface area (Å²) in [7, 11) is 0. The van der Waals surface area contributed by atoms with Crippen LogP contribution in [0.2, 0.25) is 0 Å². The Labute approximate surface area is 181 Å². The van der Waals surface area contributed by atoms with Crippen molar-refractivity contribution in [2.45, 2.75) is 20.0 Å². The van der Waals surface area contributed by atoms with Gasteiger partial charge in [-0.2, -0.15) is 0 Å². The Morgan fingerprint density at radius 1 is 0.969 bits per heavy atom. The summed E-state index contributed by atoms with van der Waals surface area (Å²) in [6.45, 7) is 2.39. The molecule has 5 aromatic rings. The van der Waals surface area contributed by atoms with Gasteiger partial charge in [-0.05, 0) is 48.9 Å². The Bertz CT molecular complexity index is 1510. The van der Waals surface area contributed by atoms with Gasteiger partial charge in [0.25, 0.3) is 5.56 Å². The van der Waals surface area contributed by atoms with Crippen molar-refractivity contribution < 1.29 is 8.81 Å². The molecule has 0 bridgehead atoms. The summed E-state index contributed by atoms with van der Waals surface area (Å²) in [5.74, 6) is 0.0469. The summed E-state index contributed by atoms with van der Waals surface area (Å²) in [6, 6.07) is 16.8. The third kappa shape index (κ3) is 3.45. The zero-order valence-electron chi connectivity index (χ0n) is 17.2. The van der Waals surface area contributed by atoms with E-state index in [1.807, 2.05) is 31.2 Å². The second-order valence-corrected chi connectivity index (χ2v) is 7.60. The van der Waals surface area contributed by atoms with Gasteiger partial charge in [0.1, 0.15) is 11.6 Å². The van der Waals surface area contributed by atoms with Gasteiger partial charge < -0.3 is 8.98 Å². The molecule has 0 N–H and O–H groups in total. The molecule has 2 aromatic carbocycles. The largest absolute Gasteiger partial charge is 0.467 e. The van der Waals surface area contributed by atoms with Crippen LogP contribution in [0.3, 0.4) is 0 Å². The molecule has 0 saturated heterocycles. The Hall–Kier alpha value is -4.20. The van der Waals surface area contributed by atoms with E-state index in [2.05, 4.69) is 4.98 Å². The number of fused-ring (bicyclic) bond motifs is 1. The SMILES string of the molecule is Cc1ccc(Cn2cnc3c2c(=O)n(Cc2ccco2)c(=O)n3-c2ccc(F)cc2)cc1. The molecule has 160 valence electrons. The lowest BCUT2D eigenvalue weighted by atomic mass is 10.1. The number of aryl methyl sites for hydroxylation is 1. The maximum atomic E-state index is 13.5. The van der Waals surface area contributed by atoms with Crippen molar-refractivity contribution in [2.24, 2.45) is 0 Å². The number of benzene rings is 2. The van der Waals surface area contributed by atoms with Gasteiger partial charge in [-0.15, -0.1) is 0 Å². The summed E-state index contributed by atoms with van der Waals surface area (Å²) in [6.07, 6.45) is 3.03. The molecule has 0 fully saturated rings. The minimum absolute atomic E-state index is 0.0302. The fourth-order valence-electron chi connectivity index (χ4n) is 3.71. The molecule has 0 saturated carbocycles. The standard InChI is InChI=1S/C24H19FN4O3/c1-16-4-6-17(7-5-16)13-27-15-26-22-21(27)23(30)28(14-20-3-2-12-32-20)24(31)29(22)19-10-8-18(25)9-11-19/h2-12,15H,13-14H2,1H3. The zero-order valence-corrected chi connectivity index (χ0v) is 17.2. The van der Waals surface area contributed by atoms with Gasteiger partial charge in [-0.1, -0.05) is 29.8 Å². The first-order chi connectivity index (χ1) is 15.5. The second kappa shape index (κ2) is 7.81. The van der Waals surface area contributed by atoms with E-state index < -0.39 is 17.1 Å². The molecule has 0 atom stereocenters. The predicted molar refractivity (Wildman–Crippen MR) is 118 cm³/mol. The van der Waals surface area contributed by atoms with E-state index in [1.54, 1.807) is 23.0 Å². The number of aromatic nitrogens is 4. The van der Waals surface area contributed by atoms with Gasteiger partial charge in [0, 0.05) is 6.54 Å². The van der Waals surface area contributed by atoms with Gasteiger partial charge in [-0.3, -0.25) is 9.36 Å². The number of halogens is 1. The smallest absolute Gasteiger partial charge is 0.337 e. The maximum absolute atomic E-state index is 13.5. The van der Waals surface area contributed by atoms with Gasteiger partial charge in [-0.25, -0.2) is 18.7 Å². The van der Waals surface area contributed by atoms with Crippen LogP contribution in [-0.4, -0.2) is 18.7 Å². The van der Waals surface area contributed by atoms with E-state index >= 15 is 0 Å². The molecule has 32 heavy (non-hydrogen) atoms. The van der Waals surface area contributed by atoms with Crippen LogP contribution >= 0.6 is 0 Å². The van der Waals surface area contributed by atoms with E-state index in [1.165, 1.54) is 35.1 Å². The topological polar surface area (TPSA) is 75.0 Å². The summed E-state index contributed by atoms with van der Waals surface area (Å²) in [4.78, 5) is 31.2. The van der Waals surface area contributed by atoms with Crippen LogP contribution in [0.5, 0.6) is 0 Å². The third-order valence-corrected chi connectivity index (χ3v) is 5.35. The minimum Gasteiger partial charge on any atom is -0.467 e. The lowest BCUT2D eigenvalue weighted by Crippen LogP contribution is -2.40. The molecule has 5 rings (SSSR count). The Kier molecular flexibility index (Phi) is 4.82. The fraction of sp³-hybridized carbons (Fsp3) is 0.125. The van der Waals surface area contributed by atoms with Gasteiger partial charge in [0.15, 0.2) is 11.2 Å². The third-order valence-electron chi connectivity index (χ3n) is 5.35. The van der Waals surface area contributed by atoms with E-state index in [9.17, 15) is 14.0 Å². The first-order valence-electron chi connectivity index (χ1n) is 10.1. The van der Waals surface area contributed by atoms with E-state index in [-0.39, 0.29) is 17.7 Å². The Morgan fingerprint density at radius 3 is 2.41 bits per heavy atom. The monoisotopic (exact) mass is 430 g/mol. The molecule has 0 aliphatic rings. The highest BCUT2D eigenvalue weighted by atomic mass is 19.1. The van der Waals surface area contributed by atoms with Gasteiger partial charge >= 0.3 is 5.69 Å². The minimum atomic E-state index is -0.578. The number of nitrogens with zero attached hydrogens (tertiary/aromatic N) is 4. The lowest BCUT2D eigenvalue weighted by Gasteiger charge is -2.12. The molecule has 0 aliphatic carbocycles. The normalized spacial score (nSPS) is 11.3. The van der Waals surface area contributed by atoms with Gasteiger partial charge in [0.05, 0.1) is 24.8 Å². The lowest BCUT2D eigenvalue weighted by molar-refractivity contribution is 0.482. The molecule has 8 heteroatoms. The van der Waals surface area contributed by atoms with Crippen LogP contribution in [0.1, 0.15) is 16.9 Å². The van der Waals surface area contributed by atoms with Crippen LogP contribution in [0.4, 0.5) is 4.39 Å². The molecular formula is C24H19FN4O3. The predicted octanol–water partition coefficient (Wildman–Crippen LogP) is 3.49. The van der Waals surface area contributed by atoms with E-state index in [0.29, 0.717) is 18.0 Å². The van der Waals surface area contributed by atoms with E-state index in [4.69, 9.17) is 4.42 Å². The van der Waals surface area contributed by atoms with Crippen molar-refractivity contribution in [2.75, 3.05) is 0 Å². The average molecular weight is 430 g/mol. The molecule has 0 unspecified atom stereocenters. The molecule has 0 amide bonds. The van der Waals surface area contributed by atoms with Gasteiger partial charge in [0.2, 0.25) is 0 Å². The quantitative estimate of drug-likeness (QED) is 0.428. The van der Waals surface area contributed by atoms with Crippen molar-refractivity contribution in [3.05, 3.63) is 117 Å². The summed E-state index contributed by atoms with van der Waals surface area (Å²) < 4.78 is 23.0. The highest BCUT2D eigenvalue weighted by molar-refractivity contribution is 5.72. The van der Waals surface area contributed by atoms with Crippen molar-refractivity contribution in [3.63, 3.8) is 0 Å². The second-order valence-electron chi connectivity index (χ2n) is 7.60. The first-order valence-corrected chi connectivity index (χ1v) is 10.1. The summed E-state index contributed by atoms with van der Waals surface area (Å²) in [5.41, 5.74) is 1.99.